The quantitative estimate of drug-likeness (QED) is 0.547. The van der Waals surface area contributed by atoms with Crippen LogP contribution in [0.4, 0.5) is 10.3 Å². The summed E-state index contributed by atoms with van der Waals surface area (Å²) in [4.78, 5) is 0. The van der Waals surface area contributed by atoms with E-state index in [0.717, 1.165) is 0 Å². The standard InChI is InChI=1S/C14H13FN6OS/c1-2-7-21-13(16)19-20-14(21)23-8-11-17-18-12(22-11)9-5-3-4-6-10(9)15/h2-6H,1,7-8H2,(H2,16,19). The van der Waals surface area contributed by atoms with Gasteiger partial charge in [-0.1, -0.05) is 30.0 Å². The van der Waals surface area contributed by atoms with Gasteiger partial charge in [0.15, 0.2) is 5.16 Å². The second kappa shape index (κ2) is 6.61. The van der Waals surface area contributed by atoms with Gasteiger partial charge in [-0.15, -0.1) is 27.0 Å². The maximum atomic E-state index is 13.7. The van der Waals surface area contributed by atoms with E-state index in [9.17, 15) is 4.39 Å². The fourth-order valence-corrected chi connectivity index (χ4v) is 2.68. The van der Waals surface area contributed by atoms with Crippen LogP contribution in [0.5, 0.6) is 0 Å². The summed E-state index contributed by atoms with van der Waals surface area (Å²) in [5.41, 5.74) is 6.00. The number of aromatic nitrogens is 5. The molecule has 0 aliphatic heterocycles. The Bertz CT molecular complexity index is 830. The number of hydrogen-bond acceptors (Lipinski definition) is 7. The highest BCUT2D eigenvalue weighted by Gasteiger charge is 2.14. The Morgan fingerprint density at radius 3 is 2.87 bits per heavy atom. The minimum absolute atomic E-state index is 0.144. The normalized spacial score (nSPS) is 10.8. The highest BCUT2D eigenvalue weighted by Crippen LogP contribution is 2.25. The molecule has 0 fully saturated rings. The maximum absolute atomic E-state index is 13.7. The molecule has 0 radical (unpaired) electrons. The van der Waals surface area contributed by atoms with E-state index < -0.39 is 5.82 Å². The average Bonchev–Trinajstić information content (AvgIpc) is 3.14. The molecule has 0 unspecified atom stereocenters. The van der Waals surface area contributed by atoms with E-state index in [2.05, 4.69) is 27.0 Å². The number of thioether (sulfide) groups is 1. The van der Waals surface area contributed by atoms with Crippen LogP contribution in [0, 0.1) is 5.82 Å². The Kier molecular flexibility index (Phi) is 4.38. The van der Waals surface area contributed by atoms with Crippen LogP contribution in [-0.4, -0.2) is 25.0 Å². The summed E-state index contributed by atoms with van der Waals surface area (Å²) in [5, 5.41) is 16.2. The first-order chi connectivity index (χ1) is 11.2. The SMILES string of the molecule is C=CCn1c(N)nnc1SCc1nnc(-c2ccccc2F)o1. The molecule has 1 aromatic carbocycles. The van der Waals surface area contributed by atoms with Crippen LogP contribution < -0.4 is 5.73 Å². The fourth-order valence-electron chi connectivity index (χ4n) is 1.89. The number of anilines is 1. The third-order valence-electron chi connectivity index (χ3n) is 2.95. The molecule has 2 heterocycles. The zero-order chi connectivity index (χ0) is 16.2. The Hall–Kier alpha value is -2.68. The lowest BCUT2D eigenvalue weighted by molar-refractivity contribution is 0.522. The van der Waals surface area contributed by atoms with Crippen LogP contribution >= 0.6 is 11.8 Å². The molecule has 0 spiro atoms. The van der Waals surface area contributed by atoms with Gasteiger partial charge >= 0.3 is 0 Å². The topological polar surface area (TPSA) is 95.7 Å². The van der Waals surface area contributed by atoms with Gasteiger partial charge in [-0.05, 0) is 12.1 Å². The highest BCUT2D eigenvalue weighted by atomic mass is 32.2. The van der Waals surface area contributed by atoms with E-state index >= 15 is 0 Å². The van der Waals surface area contributed by atoms with E-state index in [0.29, 0.717) is 29.3 Å². The largest absolute Gasteiger partial charge is 0.420 e. The molecule has 7 nitrogen and oxygen atoms in total. The van der Waals surface area contributed by atoms with Gasteiger partial charge in [0.1, 0.15) is 5.82 Å². The summed E-state index contributed by atoms with van der Waals surface area (Å²) >= 11 is 1.35. The molecule has 3 aromatic rings. The minimum Gasteiger partial charge on any atom is -0.420 e. The summed E-state index contributed by atoms with van der Waals surface area (Å²) < 4.78 is 20.9. The van der Waals surface area contributed by atoms with Crippen LogP contribution in [0.1, 0.15) is 5.89 Å². The summed E-state index contributed by atoms with van der Waals surface area (Å²) in [6.07, 6.45) is 1.70. The molecule has 0 saturated carbocycles. The van der Waals surface area contributed by atoms with Crippen molar-refractivity contribution < 1.29 is 8.81 Å². The first-order valence-electron chi connectivity index (χ1n) is 6.68. The molecule has 0 amide bonds. The molecule has 0 aliphatic carbocycles. The van der Waals surface area contributed by atoms with Crippen molar-refractivity contribution in [2.45, 2.75) is 17.5 Å². The number of rotatable bonds is 6. The fraction of sp³-hybridized carbons (Fsp3) is 0.143. The van der Waals surface area contributed by atoms with Crippen LogP contribution in [0.25, 0.3) is 11.5 Å². The average molecular weight is 332 g/mol. The number of nitrogens with two attached hydrogens (primary N) is 1. The van der Waals surface area contributed by atoms with Gasteiger partial charge in [-0.25, -0.2) is 4.39 Å². The van der Waals surface area contributed by atoms with Gasteiger partial charge in [-0.2, -0.15) is 0 Å². The minimum atomic E-state index is -0.408. The number of halogens is 1. The van der Waals surface area contributed by atoms with Crippen molar-refractivity contribution in [1.82, 2.24) is 25.0 Å². The molecule has 0 aliphatic rings. The number of nitrogens with zero attached hydrogens (tertiary/aromatic N) is 5. The molecule has 3 rings (SSSR count). The van der Waals surface area contributed by atoms with Crippen molar-refractivity contribution in [3.63, 3.8) is 0 Å². The zero-order valence-corrected chi connectivity index (χ0v) is 12.8. The van der Waals surface area contributed by atoms with Crippen LogP contribution in [0.2, 0.25) is 0 Å². The van der Waals surface area contributed by atoms with Crippen molar-refractivity contribution in [1.29, 1.82) is 0 Å². The molecular weight excluding hydrogens is 319 g/mol. The molecule has 0 saturated heterocycles. The monoisotopic (exact) mass is 332 g/mol. The van der Waals surface area contributed by atoms with Gasteiger partial charge < -0.3 is 10.2 Å². The number of allylic oxidation sites excluding steroid dienone is 1. The van der Waals surface area contributed by atoms with Gasteiger partial charge in [0, 0.05) is 6.54 Å². The van der Waals surface area contributed by atoms with E-state index in [4.69, 9.17) is 10.2 Å². The Morgan fingerprint density at radius 2 is 2.09 bits per heavy atom. The Morgan fingerprint density at radius 1 is 1.26 bits per heavy atom. The number of hydrogen-bond donors (Lipinski definition) is 1. The summed E-state index contributed by atoms with van der Waals surface area (Å²) in [6.45, 7) is 4.17. The lowest BCUT2D eigenvalue weighted by atomic mass is 10.2. The molecule has 0 atom stereocenters. The summed E-state index contributed by atoms with van der Waals surface area (Å²) in [5.74, 6) is 0.779. The van der Waals surface area contributed by atoms with E-state index in [1.54, 1.807) is 28.8 Å². The molecule has 2 aromatic heterocycles. The Balaban J connectivity index is 1.73. The van der Waals surface area contributed by atoms with Crippen molar-refractivity contribution in [3.8, 4) is 11.5 Å². The van der Waals surface area contributed by atoms with Crippen molar-refractivity contribution in [3.05, 3.63) is 48.6 Å². The van der Waals surface area contributed by atoms with Crippen molar-refractivity contribution in [2.24, 2.45) is 0 Å². The van der Waals surface area contributed by atoms with Crippen LogP contribution in [0.15, 0.2) is 46.5 Å². The third-order valence-corrected chi connectivity index (χ3v) is 3.90. The molecule has 9 heteroatoms. The van der Waals surface area contributed by atoms with E-state index in [1.165, 1.54) is 17.8 Å². The lowest BCUT2D eigenvalue weighted by Crippen LogP contribution is -2.03. The molecule has 118 valence electrons. The van der Waals surface area contributed by atoms with Crippen molar-refractivity contribution >= 4 is 17.7 Å². The molecule has 2 N–H and O–H groups in total. The van der Waals surface area contributed by atoms with E-state index in [1.807, 2.05) is 0 Å². The Labute approximate surface area is 135 Å². The third kappa shape index (κ3) is 3.24. The predicted octanol–water partition coefficient (Wildman–Crippen LogP) is 2.53. The summed E-state index contributed by atoms with van der Waals surface area (Å²) in [6, 6.07) is 6.23. The predicted molar refractivity (Wildman–Crippen MR) is 83.9 cm³/mol. The smallest absolute Gasteiger partial charge is 0.250 e. The van der Waals surface area contributed by atoms with Crippen LogP contribution in [-0.2, 0) is 12.3 Å². The second-order valence-corrected chi connectivity index (χ2v) is 5.45. The zero-order valence-electron chi connectivity index (χ0n) is 12.0. The van der Waals surface area contributed by atoms with Gasteiger partial charge in [-0.3, -0.25) is 4.57 Å². The molecular formula is C14H13FN6OS. The molecule has 0 bridgehead atoms. The highest BCUT2D eigenvalue weighted by molar-refractivity contribution is 7.98. The lowest BCUT2D eigenvalue weighted by Gasteiger charge is -2.02. The van der Waals surface area contributed by atoms with Crippen molar-refractivity contribution in [2.75, 3.05) is 5.73 Å². The summed E-state index contributed by atoms with van der Waals surface area (Å²) in [7, 11) is 0. The number of benzene rings is 1. The van der Waals surface area contributed by atoms with E-state index in [-0.39, 0.29) is 11.5 Å². The van der Waals surface area contributed by atoms with Gasteiger partial charge in [0.25, 0.3) is 5.89 Å². The van der Waals surface area contributed by atoms with Crippen LogP contribution in [0.3, 0.4) is 0 Å². The maximum Gasteiger partial charge on any atom is 0.250 e. The molecule has 23 heavy (non-hydrogen) atoms. The first-order valence-corrected chi connectivity index (χ1v) is 7.67. The van der Waals surface area contributed by atoms with Gasteiger partial charge in [0.05, 0.1) is 11.3 Å². The number of nitrogen functional groups attached to an aromatic ring is 1. The van der Waals surface area contributed by atoms with Gasteiger partial charge in [0.2, 0.25) is 11.8 Å². The first kappa shape index (κ1) is 15.2. The second-order valence-electron chi connectivity index (χ2n) is 4.51.